The second-order valence-corrected chi connectivity index (χ2v) is 13.5. The number of piperidine rings is 1. The molecule has 43 heavy (non-hydrogen) atoms. The molecule has 3 fully saturated rings. The highest BCUT2D eigenvalue weighted by molar-refractivity contribution is 5.89. The number of benzene rings is 1. The largest absolute Gasteiger partial charge is 0.504 e. The Kier molecular flexibility index (Phi) is 10.5. The number of aliphatic hydroxyl groups excluding tert-OH is 3. The molecule has 1 saturated heterocycles. The molecule has 0 bridgehead atoms. The van der Waals surface area contributed by atoms with Crippen molar-refractivity contribution in [2.24, 2.45) is 29.1 Å². The van der Waals surface area contributed by atoms with Crippen LogP contribution in [0.1, 0.15) is 94.1 Å². The van der Waals surface area contributed by atoms with Crippen LogP contribution in [0.2, 0.25) is 0 Å². The summed E-state index contributed by atoms with van der Waals surface area (Å²) < 4.78 is 5.34. The van der Waals surface area contributed by atoms with E-state index in [4.69, 9.17) is 4.74 Å². The molecule has 1 aromatic rings. The predicted octanol–water partition coefficient (Wildman–Crippen LogP) is 3.66. The summed E-state index contributed by atoms with van der Waals surface area (Å²) in [6, 6.07) is 3.75. The van der Waals surface area contributed by atoms with Crippen molar-refractivity contribution in [1.29, 1.82) is 0 Å². The molecule has 4 aliphatic rings. The fourth-order valence-electron chi connectivity index (χ4n) is 8.46. The predicted molar refractivity (Wildman–Crippen MR) is 163 cm³/mol. The summed E-state index contributed by atoms with van der Waals surface area (Å²) in [6.07, 6.45) is 7.72. The van der Waals surface area contributed by atoms with E-state index in [0.717, 1.165) is 49.8 Å². The van der Waals surface area contributed by atoms with Crippen LogP contribution in [0.25, 0.3) is 0 Å². The zero-order valence-corrected chi connectivity index (χ0v) is 25.5. The smallest absolute Gasteiger partial charge is 0.160 e. The highest BCUT2D eigenvalue weighted by atomic mass is 16.5. The number of aryl methyl sites for hydroxylation is 1. The first kappa shape index (κ1) is 32.0. The molecule has 236 valence electrons. The number of hydrogen-bond acceptors (Lipinski definition) is 8. The summed E-state index contributed by atoms with van der Waals surface area (Å²) in [5, 5.41) is 45.3. The standard InChI is InChI=1S/C35H49NO7/c1-43-32-18-25-5-7-33(41)35(12-9-23(3-2-13-37)29(25)20-31(32)40)11-8-22(16-34(35)42)15-24(10-14-38)27-17-26-4-6-28(39)19-30(26)36-21-27/h18,20,22-24,26-27,30,34,36-38,40,42H,2-8,10-11,13-17,19,21H2,1H3/t22-,23+,24+,26+,27-,30-,34-,35-/m1/s1. The molecule has 1 aliphatic heterocycles. The topological polar surface area (TPSA) is 136 Å². The molecule has 5 N–H and O–H groups in total. The van der Waals surface area contributed by atoms with Crippen molar-refractivity contribution in [2.75, 3.05) is 26.9 Å². The second kappa shape index (κ2) is 14.1. The molecule has 8 heteroatoms. The Labute approximate surface area is 255 Å². The molecule has 0 aromatic heterocycles. The van der Waals surface area contributed by atoms with Crippen molar-refractivity contribution in [3.8, 4) is 23.3 Å². The van der Waals surface area contributed by atoms with Gasteiger partial charge in [-0.25, -0.2) is 0 Å². The normalized spacial score (nSPS) is 33.3. The summed E-state index contributed by atoms with van der Waals surface area (Å²) in [6.45, 7) is 1.01. The molecular formula is C35H49NO7. The van der Waals surface area contributed by atoms with Crippen LogP contribution >= 0.6 is 0 Å². The zero-order valence-electron chi connectivity index (χ0n) is 25.5. The summed E-state index contributed by atoms with van der Waals surface area (Å²) in [4.78, 5) is 25.8. The third kappa shape index (κ3) is 6.96. The number of ether oxygens (including phenoxy) is 1. The molecule has 1 heterocycles. The number of aromatic hydroxyl groups is 1. The van der Waals surface area contributed by atoms with Gasteiger partial charge < -0.3 is 30.5 Å². The van der Waals surface area contributed by atoms with Crippen molar-refractivity contribution in [2.45, 2.75) is 102 Å². The van der Waals surface area contributed by atoms with Crippen LogP contribution in [0.15, 0.2) is 12.1 Å². The minimum atomic E-state index is -1.12. The maximum atomic E-state index is 13.8. The molecule has 1 aromatic carbocycles. The van der Waals surface area contributed by atoms with Gasteiger partial charge in [-0.2, -0.15) is 0 Å². The molecule has 1 spiro atoms. The Bertz CT molecular complexity index is 1220. The fraction of sp³-hybridized carbons (Fsp3) is 0.714. The summed E-state index contributed by atoms with van der Waals surface area (Å²) in [5.41, 5.74) is 0.630. The fourth-order valence-corrected chi connectivity index (χ4v) is 8.46. The van der Waals surface area contributed by atoms with Crippen molar-refractivity contribution < 1.29 is 34.8 Å². The van der Waals surface area contributed by atoms with Crippen molar-refractivity contribution in [1.82, 2.24) is 5.32 Å². The minimum Gasteiger partial charge on any atom is -0.504 e. The first-order chi connectivity index (χ1) is 20.8. The van der Waals surface area contributed by atoms with Gasteiger partial charge in [0.2, 0.25) is 0 Å². The molecule has 8 atom stereocenters. The maximum absolute atomic E-state index is 13.8. The van der Waals surface area contributed by atoms with Crippen molar-refractivity contribution in [3.05, 3.63) is 23.3 Å². The van der Waals surface area contributed by atoms with Gasteiger partial charge >= 0.3 is 0 Å². The van der Waals surface area contributed by atoms with Crippen LogP contribution in [-0.2, 0) is 16.0 Å². The van der Waals surface area contributed by atoms with Crippen LogP contribution in [-0.4, -0.2) is 71.0 Å². The molecule has 2 saturated carbocycles. The van der Waals surface area contributed by atoms with E-state index in [1.54, 1.807) is 12.1 Å². The Morgan fingerprint density at radius 2 is 1.95 bits per heavy atom. The first-order valence-electron chi connectivity index (χ1n) is 16.4. The van der Waals surface area contributed by atoms with E-state index in [1.165, 1.54) is 7.11 Å². The lowest BCUT2D eigenvalue weighted by Gasteiger charge is -2.44. The molecule has 0 radical (unpaired) electrons. The third-order valence-corrected chi connectivity index (χ3v) is 11.0. The lowest BCUT2D eigenvalue weighted by Crippen LogP contribution is -2.50. The Morgan fingerprint density at radius 1 is 1.12 bits per heavy atom. The first-order valence-corrected chi connectivity index (χ1v) is 16.4. The van der Waals surface area contributed by atoms with Crippen LogP contribution < -0.4 is 10.1 Å². The monoisotopic (exact) mass is 595 g/mol. The van der Waals surface area contributed by atoms with Gasteiger partial charge in [0.1, 0.15) is 11.2 Å². The van der Waals surface area contributed by atoms with Crippen LogP contribution in [0.3, 0.4) is 0 Å². The van der Waals surface area contributed by atoms with E-state index in [9.17, 15) is 30.0 Å². The van der Waals surface area contributed by atoms with Gasteiger partial charge in [-0.3, -0.25) is 9.59 Å². The van der Waals surface area contributed by atoms with Gasteiger partial charge in [0.25, 0.3) is 0 Å². The SMILES string of the molecule is COc1cc2c(cc1O)[C@@H](CCCO)C#C[C@]1(CC[C@H](C[C@H](CCO)[C@H]3CN[C@@H]4CC(=O)CC[C@H]4C3)C[C@H]1O)C(=O)CC2. The highest BCUT2D eigenvalue weighted by Gasteiger charge is 2.48. The number of Topliss-reactive ketones (excluding diaryl/α,β-unsaturated/α-hetero) is 2. The minimum absolute atomic E-state index is 0.0229. The van der Waals surface area contributed by atoms with Gasteiger partial charge in [-0.05, 0) is 118 Å². The number of hydrogen-bond donors (Lipinski definition) is 5. The van der Waals surface area contributed by atoms with E-state index in [-0.39, 0.29) is 49.0 Å². The number of phenolic OH excluding ortho intramolecular Hbond substituents is 1. The number of ketones is 2. The van der Waals surface area contributed by atoms with Gasteiger partial charge in [0.05, 0.1) is 13.2 Å². The van der Waals surface area contributed by atoms with Crippen molar-refractivity contribution >= 4 is 11.6 Å². The van der Waals surface area contributed by atoms with Gasteiger partial charge in [-0.15, -0.1) is 0 Å². The maximum Gasteiger partial charge on any atom is 0.160 e. The van der Waals surface area contributed by atoms with Gasteiger partial charge in [0.15, 0.2) is 17.3 Å². The molecular weight excluding hydrogens is 546 g/mol. The van der Waals surface area contributed by atoms with Gasteiger partial charge in [0, 0.05) is 44.4 Å². The van der Waals surface area contributed by atoms with E-state index >= 15 is 0 Å². The summed E-state index contributed by atoms with van der Waals surface area (Å²) >= 11 is 0. The van der Waals surface area contributed by atoms with Gasteiger partial charge in [-0.1, -0.05) is 11.8 Å². The Hall–Kier alpha value is -2.44. The highest BCUT2D eigenvalue weighted by Crippen LogP contribution is 2.46. The molecule has 3 aliphatic carbocycles. The third-order valence-electron chi connectivity index (χ3n) is 11.0. The van der Waals surface area contributed by atoms with E-state index < -0.39 is 11.5 Å². The number of fused-ring (bicyclic) bond motifs is 2. The second-order valence-electron chi connectivity index (χ2n) is 13.5. The number of rotatable bonds is 9. The zero-order chi connectivity index (χ0) is 30.6. The van der Waals surface area contributed by atoms with Crippen molar-refractivity contribution in [3.63, 3.8) is 0 Å². The lowest BCUT2D eigenvalue weighted by molar-refractivity contribution is -0.134. The Morgan fingerprint density at radius 3 is 2.70 bits per heavy atom. The average molecular weight is 596 g/mol. The number of aliphatic hydroxyl groups is 3. The van der Waals surface area contributed by atoms with E-state index in [2.05, 4.69) is 17.2 Å². The lowest BCUT2D eigenvalue weighted by atomic mass is 9.63. The van der Waals surface area contributed by atoms with E-state index in [1.807, 2.05) is 0 Å². The average Bonchev–Trinajstić information content (AvgIpc) is 3.05. The summed E-state index contributed by atoms with van der Waals surface area (Å²) in [7, 11) is 1.50. The van der Waals surface area contributed by atoms with Crippen LogP contribution in [0, 0.1) is 40.9 Å². The quantitative estimate of drug-likeness (QED) is 0.273. The molecule has 8 nitrogen and oxygen atoms in total. The number of nitrogens with one attached hydrogen (secondary N) is 1. The van der Waals surface area contributed by atoms with Crippen LogP contribution in [0.5, 0.6) is 11.5 Å². The number of carbonyl (C=O) groups is 2. The molecule has 0 amide bonds. The van der Waals surface area contributed by atoms with Crippen LogP contribution in [0.4, 0.5) is 0 Å². The number of methoxy groups -OCH3 is 1. The molecule has 5 rings (SSSR count). The summed E-state index contributed by atoms with van der Waals surface area (Å²) in [5.74, 6) is 8.56. The number of phenols is 1. The number of carbonyl (C=O) groups excluding carboxylic acids is 2. The van der Waals surface area contributed by atoms with E-state index in [0.29, 0.717) is 74.2 Å². The molecule has 0 unspecified atom stereocenters. The Balaban J connectivity index is 1.31.